The summed E-state index contributed by atoms with van der Waals surface area (Å²) in [4.78, 5) is 25.1. The lowest BCUT2D eigenvalue weighted by Crippen LogP contribution is -2.40. The van der Waals surface area contributed by atoms with Crippen molar-refractivity contribution in [3.63, 3.8) is 0 Å². The minimum atomic E-state index is -0.228. The number of aryl methyl sites for hydroxylation is 3. The quantitative estimate of drug-likeness (QED) is 0.823. The average Bonchev–Trinajstić information content (AvgIpc) is 2.96. The SMILES string of the molecule is Cc1ccc(C)c(N2N=C(C(=O)NCCc3nnc4n3CCCCC4)CCC2=O)c1. The summed E-state index contributed by atoms with van der Waals surface area (Å²) >= 11 is 0. The van der Waals surface area contributed by atoms with Gasteiger partial charge in [-0.05, 0) is 43.9 Å². The number of carbonyl (C=O) groups excluding carboxylic acids is 2. The normalized spacial score (nSPS) is 16.7. The van der Waals surface area contributed by atoms with Crippen LogP contribution in [-0.4, -0.2) is 38.8 Å². The molecular formula is C22H28N6O2. The van der Waals surface area contributed by atoms with E-state index in [9.17, 15) is 9.59 Å². The minimum Gasteiger partial charge on any atom is -0.350 e. The molecule has 2 aliphatic heterocycles. The van der Waals surface area contributed by atoms with E-state index >= 15 is 0 Å². The smallest absolute Gasteiger partial charge is 0.267 e. The number of rotatable bonds is 5. The van der Waals surface area contributed by atoms with Gasteiger partial charge < -0.3 is 9.88 Å². The van der Waals surface area contributed by atoms with E-state index in [1.807, 2.05) is 32.0 Å². The van der Waals surface area contributed by atoms with Crippen LogP contribution in [-0.2, 0) is 29.0 Å². The number of aromatic nitrogens is 3. The van der Waals surface area contributed by atoms with E-state index in [0.717, 1.165) is 54.3 Å². The van der Waals surface area contributed by atoms with Gasteiger partial charge in [0.25, 0.3) is 5.91 Å². The van der Waals surface area contributed by atoms with Gasteiger partial charge in [0, 0.05) is 38.8 Å². The molecule has 8 nitrogen and oxygen atoms in total. The van der Waals surface area contributed by atoms with Gasteiger partial charge in [-0.2, -0.15) is 5.10 Å². The zero-order valence-electron chi connectivity index (χ0n) is 17.6. The zero-order valence-corrected chi connectivity index (χ0v) is 17.6. The van der Waals surface area contributed by atoms with Gasteiger partial charge in [0.1, 0.15) is 17.4 Å². The monoisotopic (exact) mass is 408 g/mol. The molecular weight excluding hydrogens is 380 g/mol. The first-order chi connectivity index (χ1) is 14.5. The average molecular weight is 409 g/mol. The van der Waals surface area contributed by atoms with Gasteiger partial charge in [0.2, 0.25) is 5.91 Å². The van der Waals surface area contributed by atoms with E-state index in [1.54, 1.807) is 0 Å². The first kappa shape index (κ1) is 20.3. The highest BCUT2D eigenvalue weighted by atomic mass is 16.2. The van der Waals surface area contributed by atoms with E-state index in [2.05, 4.69) is 25.2 Å². The second-order valence-electron chi connectivity index (χ2n) is 8.04. The van der Waals surface area contributed by atoms with Crippen LogP contribution in [0.5, 0.6) is 0 Å². The number of hydrogen-bond acceptors (Lipinski definition) is 5. The predicted octanol–water partition coefficient (Wildman–Crippen LogP) is 2.46. The Hall–Kier alpha value is -3.03. The molecule has 0 spiro atoms. The first-order valence-corrected chi connectivity index (χ1v) is 10.7. The second kappa shape index (κ2) is 8.77. The highest BCUT2D eigenvalue weighted by Gasteiger charge is 2.26. The van der Waals surface area contributed by atoms with Crippen LogP contribution >= 0.6 is 0 Å². The summed E-state index contributed by atoms with van der Waals surface area (Å²) in [5, 5.41) is 17.3. The van der Waals surface area contributed by atoms with Crippen molar-refractivity contribution >= 4 is 23.2 Å². The Bertz CT molecular complexity index is 994. The third-order valence-corrected chi connectivity index (χ3v) is 5.71. The summed E-state index contributed by atoms with van der Waals surface area (Å²) in [6, 6.07) is 5.88. The molecule has 30 heavy (non-hydrogen) atoms. The Morgan fingerprint density at radius 3 is 2.83 bits per heavy atom. The summed E-state index contributed by atoms with van der Waals surface area (Å²) in [6.07, 6.45) is 5.75. The van der Waals surface area contributed by atoms with Crippen LogP contribution in [0.15, 0.2) is 23.3 Å². The molecule has 0 unspecified atom stereocenters. The Balaban J connectivity index is 1.41. The lowest BCUT2D eigenvalue weighted by Gasteiger charge is -2.24. The number of benzene rings is 1. The lowest BCUT2D eigenvalue weighted by molar-refractivity contribution is -0.118. The van der Waals surface area contributed by atoms with Gasteiger partial charge >= 0.3 is 0 Å². The van der Waals surface area contributed by atoms with E-state index in [4.69, 9.17) is 0 Å². The van der Waals surface area contributed by atoms with E-state index < -0.39 is 0 Å². The third-order valence-electron chi connectivity index (χ3n) is 5.71. The summed E-state index contributed by atoms with van der Waals surface area (Å²) in [5.74, 6) is 1.65. The standard InChI is InChI=1S/C22H28N6O2/c1-15-7-8-16(2)18(14-15)28-21(29)10-9-17(26-28)22(30)23-12-11-20-25-24-19-6-4-3-5-13-27(19)20/h7-8,14H,3-6,9-13H2,1-2H3,(H,23,30). The van der Waals surface area contributed by atoms with Gasteiger partial charge in [0.15, 0.2) is 0 Å². The summed E-state index contributed by atoms with van der Waals surface area (Å²) < 4.78 is 2.19. The van der Waals surface area contributed by atoms with Crippen molar-refractivity contribution in [2.24, 2.45) is 5.10 Å². The Kier molecular flexibility index (Phi) is 5.92. The highest BCUT2D eigenvalue weighted by Crippen LogP contribution is 2.25. The topological polar surface area (TPSA) is 92.5 Å². The molecule has 1 aromatic carbocycles. The largest absolute Gasteiger partial charge is 0.350 e. The summed E-state index contributed by atoms with van der Waals surface area (Å²) in [5.41, 5.74) is 3.11. The zero-order chi connectivity index (χ0) is 21.1. The second-order valence-corrected chi connectivity index (χ2v) is 8.04. The number of carbonyl (C=O) groups is 2. The van der Waals surface area contributed by atoms with Crippen LogP contribution in [0.25, 0.3) is 0 Å². The van der Waals surface area contributed by atoms with Crippen LogP contribution in [0, 0.1) is 13.8 Å². The van der Waals surface area contributed by atoms with Crippen LogP contribution in [0.2, 0.25) is 0 Å². The molecule has 1 N–H and O–H groups in total. The van der Waals surface area contributed by atoms with Gasteiger partial charge in [-0.15, -0.1) is 10.2 Å². The molecule has 0 aliphatic carbocycles. The number of amides is 2. The minimum absolute atomic E-state index is 0.0913. The molecule has 0 bridgehead atoms. The molecule has 0 fully saturated rings. The van der Waals surface area contributed by atoms with Crippen LogP contribution in [0.3, 0.4) is 0 Å². The fraction of sp³-hybridized carbons (Fsp3) is 0.500. The van der Waals surface area contributed by atoms with Crippen molar-refractivity contribution in [1.29, 1.82) is 0 Å². The van der Waals surface area contributed by atoms with Crippen LogP contribution < -0.4 is 10.3 Å². The molecule has 3 heterocycles. The predicted molar refractivity (Wildman–Crippen MR) is 114 cm³/mol. The lowest BCUT2D eigenvalue weighted by atomic mass is 10.1. The maximum atomic E-state index is 12.7. The van der Waals surface area contributed by atoms with Crippen molar-refractivity contribution in [2.45, 2.75) is 65.3 Å². The van der Waals surface area contributed by atoms with Gasteiger partial charge in [-0.1, -0.05) is 18.6 Å². The fourth-order valence-corrected chi connectivity index (χ4v) is 3.97. The van der Waals surface area contributed by atoms with Gasteiger partial charge in [0.05, 0.1) is 5.69 Å². The molecule has 0 saturated carbocycles. The van der Waals surface area contributed by atoms with Crippen molar-refractivity contribution in [1.82, 2.24) is 20.1 Å². The van der Waals surface area contributed by atoms with Crippen molar-refractivity contribution in [3.05, 3.63) is 41.0 Å². The number of fused-ring (bicyclic) bond motifs is 1. The Morgan fingerprint density at radius 2 is 1.97 bits per heavy atom. The number of anilines is 1. The van der Waals surface area contributed by atoms with E-state index in [0.29, 0.717) is 25.1 Å². The number of nitrogens with one attached hydrogen (secondary N) is 1. The molecule has 8 heteroatoms. The third kappa shape index (κ3) is 4.27. The highest BCUT2D eigenvalue weighted by molar-refractivity contribution is 6.40. The molecule has 2 aliphatic rings. The molecule has 4 rings (SSSR count). The number of nitrogens with zero attached hydrogens (tertiary/aromatic N) is 5. The summed E-state index contributed by atoms with van der Waals surface area (Å²) in [6.45, 7) is 5.33. The molecule has 0 saturated heterocycles. The molecule has 2 amide bonds. The summed E-state index contributed by atoms with van der Waals surface area (Å²) in [7, 11) is 0. The van der Waals surface area contributed by atoms with Crippen molar-refractivity contribution in [2.75, 3.05) is 11.6 Å². The van der Waals surface area contributed by atoms with Gasteiger partial charge in [-0.3, -0.25) is 9.59 Å². The molecule has 2 aromatic rings. The molecule has 1 aromatic heterocycles. The van der Waals surface area contributed by atoms with Crippen LogP contribution in [0.1, 0.15) is 54.9 Å². The Morgan fingerprint density at radius 1 is 1.10 bits per heavy atom. The van der Waals surface area contributed by atoms with Gasteiger partial charge in [-0.25, -0.2) is 5.01 Å². The number of hydrazone groups is 1. The van der Waals surface area contributed by atoms with Crippen LogP contribution in [0.4, 0.5) is 5.69 Å². The number of hydrogen-bond donors (Lipinski definition) is 1. The van der Waals surface area contributed by atoms with Crippen molar-refractivity contribution < 1.29 is 9.59 Å². The van der Waals surface area contributed by atoms with E-state index in [1.165, 1.54) is 11.4 Å². The first-order valence-electron chi connectivity index (χ1n) is 10.7. The maximum absolute atomic E-state index is 12.7. The van der Waals surface area contributed by atoms with Crippen molar-refractivity contribution in [3.8, 4) is 0 Å². The fourth-order valence-electron chi connectivity index (χ4n) is 3.97. The van der Waals surface area contributed by atoms with E-state index in [-0.39, 0.29) is 18.2 Å². The molecule has 0 atom stereocenters. The Labute approximate surface area is 176 Å². The molecule has 158 valence electrons. The molecule has 0 radical (unpaired) electrons. The maximum Gasteiger partial charge on any atom is 0.267 e.